The Balaban J connectivity index is 0.00000200. The molecule has 0 spiro atoms. The van der Waals surface area contributed by atoms with Gasteiger partial charge in [0.2, 0.25) is 0 Å². The van der Waals surface area contributed by atoms with E-state index in [0.29, 0.717) is 12.4 Å². The Morgan fingerprint density at radius 1 is 1.45 bits per heavy atom. The highest BCUT2D eigenvalue weighted by Gasteiger charge is 2.16. The van der Waals surface area contributed by atoms with Crippen LogP contribution in [0.15, 0.2) is 18.3 Å². The zero-order valence-electron chi connectivity index (χ0n) is 11.6. The molecule has 20 heavy (non-hydrogen) atoms. The number of fused-ring (bicyclic) bond motifs is 1. The van der Waals surface area contributed by atoms with Gasteiger partial charge in [-0.15, -0.1) is 23.7 Å². The van der Waals surface area contributed by atoms with Crippen LogP contribution >= 0.6 is 23.7 Å². The number of carbonyl (C=O) groups is 1. The Kier molecular flexibility index (Phi) is 5.33. The van der Waals surface area contributed by atoms with Crippen LogP contribution in [0.2, 0.25) is 0 Å². The maximum absolute atomic E-state index is 11.6. The van der Waals surface area contributed by atoms with Gasteiger partial charge in [0, 0.05) is 27.7 Å². The summed E-state index contributed by atoms with van der Waals surface area (Å²) in [6, 6.07) is 3.83. The summed E-state index contributed by atoms with van der Waals surface area (Å²) in [5.41, 5.74) is 5.08. The number of pyridine rings is 1. The van der Waals surface area contributed by atoms with Gasteiger partial charge in [0.25, 0.3) is 0 Å². The Labute approximate surface area is 127 Å². The number of halogens is 1. The molecule has 110 valence electrons. The van der Waals surface area contributed by atoms with E-state index in [2.05, 4.69) is 10.3 Å². The van der Waals surface area contributed by atoms with Gasteiger partial charge in [-0.1, -0.05) is 0 Å². The maximum atomic E-state index is 11.6. The second-order valence-electron chi connectivity index (χ2n) is 5.15. The van der Waals surface area contributed by atoms with Crippen LogP contribution in [0.3, 0.4) is 0 Å². The highest BCUT2D eigenvalue weighted by Crippen LogP contribution is 2.26. The fourth-order valence-corrected chi connectivity index (χ4v) is 2.52. The van der Waals surface area contributed by atoms with E-state index in [0.717, 1.165) is 15.0 Å². The van der Waals surface area contributed by atoms with Gasteiger partial charge in [-0.2, -0.15) is 0 Å². The van der Waals surface area contributed by atoms with Crippen molar-refractivity contribution >= 4 is 45.7 Å². The average Bonchev–Trinajstić information content (AvgIpc) is 2.68. The number of amides is 1. The molecule has 0 atom stereocenters. The number of rotatable bonds is 2. The van der Waals surface area contributed by atoms with Crippen molar-refractivity contribution in [2.45, 2.75) is 32.9 Å². The number of nitrogens with two attached hydrogens (primary N) is 1. The number of hydrogen-bond donors (Lipinski definition) is 2. The molecule has 2 rings (SSSR count). The zero-order valence-corrected chi connectivity index (χ0v) is 13.2. The molecule has 0 aliphatic heterocycles. The Hall–Kier alpha value is -1.37. The van der Waals surface area contributed by atoms with Crippen molar-refractivity contribution in [1.82, 2.24) is 4.98 Å². The third kappa shape index (κ3) is 4.33. The van der Waals surface area contributed by atoms with Crippen molar-refractivity contribution in [2.75, 3.05) is 5.32 Å². The smallest absolute Gasteiger partial charge is 0.413 e. The van der Waals surface area contributed by atoms with Gasteiger partial charge in [-0.25, -0.2) is 9.78 Å². The second-order valence-corrected chi connectivity index (χ2v) is 6.32. The van der Waals surface area contributed by atoms with E-state index in [9.17, 15) is 4.79 Å². The zero-order chi connectivity index (χ0) is 14.0. The molecule has 0 aliphatic rings. The number of anilines is 1. The average molecular weight is 316 g/mol. The first kappa shape index (κ1) is 16.7. The number of hydrogen-bond acceptors (Lipinski definition) is 5. The third-order valence-electron chi connectivity index (χ3n) is 2.28. The second kappa shape index (κ2) is 6.39. The lowest BCUT2D eigenvalue weighted by atomic mass is 10.2. The summed E-state index contributed by atoms with van der Waals surface area (Å²) in [5.74, 6) is 0.479. The van der Waals surface area contributed by atoms with Crippen LogP contribution in [0.5, 0.6) is 0 Å². The first-order valence-electron chi connectivity index (χ1n) is 5.96. The summed E-state index contributed by atoms with van der Waals surface area (Å²) in [4.78, 5) is 16.9. The topological polar surface area (TPSA) is 77.2 Å². The van der Waals surface area contributed by atoms with Crippen molar-refractivity contribution in [3.05, 3.63) is 23.2 Å². The van der Waals surface area contributed by atoms with Gasteiger partial charge < -0.3 is 10.5 Å². The van der Waals surface area contributed by atoms with Gasteiger partial charge >= 0.3 is 6.09 Å². The molecule has 0 radical (unpaired) electrons. The number of thiophene rings is 1. The lowest BCUT2D eigenvalue weighted by molar-refractivity contribution is 0.0635. The normalized spacial score (nSPS) is 11.0. The minimum Gasteiger partial charge on any atom is -0.444 e. The van der Waals surface area contributed by atoms with Crippen molar-refractivity contribution in [2.24, 2.45) is 5.73 Å². The highest BCUT2D eigenvalue weighted by molar-refractivity contribution is 7.19. The lowest BCUT2D eigenvalue weighted by Crippen LogP contribution is -2.27. The summed E-state index contributed by atoms with van der Waals surface area (Å²) in [5, 5.41) is 3.65. The first-order valence-corrected chi connectivity index (χ1v) is 6.77. The van der Waals surface area contributed by atoms with Gasteiger partial charge in [0.1, 0.15) is 11.4 Å². The van der Waals surface area contributed by atoms with E-state index in [4.69, 9.17) is 10.5 Å². The van der Waals surface area contributed by atoms with E-state index in [1.165, 1.54) is 0 Å². The van der Waals surface area contributed by atoms with Crippen molar-refractivity contribution in [1.29, 1.82) is 0 Å². The Bertz CT molecular complexity index is 607. The quantitative estimate of drug-likeness (QED) is 0.888. The van der Waals surface area contributed by atoms with Crippen LogP contribution in [0, 0.1) is 0 Å². The predicted octanol–water partition coefficient (Wildman–Crippen LogP) is 3.52. The largest absolute Gasteiger partial charge is 0.444 e. The van der Waals surface area contributed by atoms with Crippen molar-refractivity contribution < 1.29 is 9.53 Å². The molecular formula is C13H18ClN3O2S. The molecule has 3 N–H and O–H groups in total. The summed E-state index contributed by atoms with van der Waals surface area (Å²) in [6.45, 7) is 5.95. The molecule has 0 saturated heterocycles. The molecule has 2 heterocycles. The molecule has 0 unspecified atom stereocenters. The van der Waals surface area contributed by atoms with Crippen molar-refractivity contribution in [3.63, 3.8) is 0 Å². The highest BCUT2D eigenvalue weighted by atomic mass is 35.5. The summed E-state index contributed by atoms with van der Waals surface area (Å²) >= 11 is 1.59. The monoisotopic (exact) mass is 315 g/mol. The van der Waals surface area contributed by atoms with E-state index in [1.54, 1.807) is 17.5 Å². The molecule has 5 nitrogen and oxygen atoms in total. The molecular weight excluding hydrogens is 298 g/mol. The molecule has 0 fully saturated rings. The standard InChI is InChI=1S/C13H17N3O2S.ClH/c1-13(2,3)18-12(17)16-11-5-10-8(7-15-11)4-9(6-14)19-10;/h4-5,7H,6,14H2,1-3H3,(H,15,16,17);1H. The summed E-state index contributed by atoms with van der Waals surface area (Å²) in [6.07, 6.45) is 1.22. The summed E-state index contributed by atoms with van der Waals surface area (Å²) in [7, 11) is 0. The minimum absolute atomic E-state index is 0. The maximum Gasteiger partial charge on any atom is 0.413 e. The number of ether oxygens (including phenoxy) is 1. The molecule has 0 aromatic carbocycles. The SMILES string of the molecule is CC(C)(C)OC(=O)Nc1cc2sc(CN)cc2cn1.Cl. The van der Waals surface area contributed by atoms with Crippen LogP contribution in [-0.4, -0.2) is 16.7 Å². The number of nitrogens with zero attached hydrogens (tertiary/aromatic N) is 1. The lowest BCUT2D eigenvalue weighted by Gasteiger charge is -2.19. The van der Waals surface area contributed by atoms with Crippen molar-refractivity contribution in [3.8, 4) is 0 Å². The minimum atomic E-state index is -0.524. The predicted molar refractivity (Wildman–Crippen MR) is 84.6 cm³/mol. The molecule has 2 aromatic rings. The van der Waals surface area contributed by atoms with E-state index >= 15 is 0 Å². The number of aromatic nitrogens is 1. The van der Waals surface area contributed by atoms with Gasteiger partial charge in [-0.05, 0) is 32.9 Å². The summed E-state index contributed by atoms with van der Waals surface area (Å²) < 4.78 is 6.22. The third-order valence-corrected chi connectivity index (χ3v) is 3.40. The van der Waals surface area contributed by atoms with Gasteiger partial charge in [-0.3, -0.25) is 5.32 Å². The molecule has 2 aromatic heterocycles. The number of carbonyl (C=O) groups excluding carboxylic acids is 1. The molecule has 1 amide bonds. The van der Waals surface area contributed by atoms with Crippen LogP contribution < -0.4 is 11.1 Å². The van der Waals surface area contributed by atoms with E-state index in [1.807, 2.05) is 32.9 Å². The van der Waals surface area contributed by atoms with Crippen LogP contribution in [-0.2, 0) is 11.3 Å². The molecule has 7 heteroatoms. The first-order chi connectivity index (χ1) is 8.87. The molecule has 0 bridgehead atoms. The van der Waals surface area contributed by atoms with Crippen LogP contribution in [0.25, 0.3) is 10.1 Å². The fourth-order valence-electron chi connectivity index (χ4n) is 1.57. The Morgan fingerprint density at radius 3 is 2.75 bits per heavy atom. The van der Waals surface area contributed by atoms with Crippen LogP contribution in [0.4, 0.5) is 10.6 Å². The van der Waals surface area contributed by atoms with Gasteiger partial charge in [0.05, 0.1) is 0 Å². The Morgan fingerprint density at radius 2 is 2.15 bits per heavy atom. The molecule has 0 saturated carbocycles. The number of nitrogens with one attached hydrogen (secondary N) is 1. The van der Waals surface area contributed by atoms with E-state index < -0.39 is 11.7 Å². The van der Waals surface area contributed by atoms with Crippen LogP contribution in [0.1, 0.15) is 25.6 Å². The van der Waals surface area contributed by atoms with Gasteiger partial charge in [0.15, 0.2) is 0 Å². The molecule has 0 aliphatic carbocycles. The van der Waals surface area contributed by atoms with E-state index in [-0.39, 0.29) is 12.4 Å². The fraction of sp³-hybridized carbons (Fsp3) is 0.385.